The molecule has 0 N–H and O–H groups in total. The van der Waals surface area contributed by atoms with Gasteiger partial charge in [-0.1, -0.05) is 54.1 Å². The summed E-state index contributed by atoms with van der Waals surface area (Å²) in [5.74, 6) is 0. The molecule has 0 radical (unpaired) electrons. The average molecular weight is 273 g/mol. The van der Waals surface area contributed by atoms with Crippen LogP contribution in [-0.2, 0) is 0 Å². The maximum Gasteiger partial charge on any atom is 0.0708 e. The number of nitrogens with zero attached hydrogens (tertiary/aromatic N) is 1. The summed E-state index contributed by atoms with van der Waals surface area (Å²) in [5, 5.41) is 0. The first kappa shape index (κ1) is 13.6. The molecule has 3 aromatic rings. The van der Waals surface area contributed by atoms with E-state index in [2.05, 4.69) is 62.2 Å². The summed E-state index contributed by atoms with van der Waals surface area (Å²) >= 11 is 0. The van der Waals surface area contributed by atoms with Crippen LogP contribution in [0.25, 0.3) is 22.4 Å². The Balaban J connectivity index is 2.15. The van der Waals surface area contributed by atoms with E-state index in [-0.39, 0.29) is 0 Å². The van der Waals surface area contributed by atoms with Crippen molar-refractivity contribution in [2.45, 2.75) is 20.8 Å². The number of hydrogen-bond acceptors (Lipinski definition) is 1. The number of rotatable bonds is 2. The Hall–Kier alpha value is -2.41. The summed E-state index contributed by atoms with van der Waals surface area (Å²) in [6.45, 7) is 6.42. The van der Waals surface area contributed by atoms with Crippen LogP contribution in [0, 0.1) is 20.8 Å². The third-order valence-electron chi connectivity index (χ3n) is 3.84. The van der Waals surface area contributed by atoms with Crippen molar-refractivity contribution < 1.29 is 0 Å². The number of aromatic nitrogens is 1. The molecule has 0 atom stereocenters. The SMILES string of the molecule is Cc1ccc(-c2cc(-c3ccccc3)ncc2C)c(C)c1. The summed E-state index contributed by atoms with van der Waals surface area (Å²) in [6, 6.07) is 19.1. The lowest BCUT2D eigenvalue weighted by Gasteiger charge is -2.12. The topological polar surface area (TPSA) is 12.9 Å². The Kier molecular flexibility index (Phi) is 3.57. The Morgan fingerprint density at radius 3 is 2.19 bits per heavy atom. The fraction of sp³-hybridized carbons (Fsp3) is 0.150. The van der Waals surface area contributed by atoms with Crippen LogP contribution in [-0.4, -0.2) is 4.98 Å². The van der Waals surface area contributed by atoms with Gasteiger partial charge in [0, 0.05) is 11.8 Å². The zero-order valence-electron chi connectivity index (χ0n) is 12.7. The molecule has 1 heteroatoms. The molecule has 0 fully saturated rings. The Morgan fingerprint density at radius 2 is 1.48 bits per heavy atom. The lowest BCUT2D eigenvalue weighted by Crippen LogP contribution is -1.92. The zero-order chi connectivity index (χ0) is 14.8. The maximum absolute atomic E-state index is 4.58. The van der Waals surface area contributed by atoms with Crippen LogP contribution >= 0.6 is 0 Å². The summed E-state index contributed by atoms with van der Waals surface area (Å²) in [5.41, 5.74) is 8.55. The summed E-state index contributed by atoms with van der Waals surface area (Å²) < 4.78 is 0. The van der Waals surface area contributed by atoms with Gasteiger partial charge in [-0.05, 0) is 49.1 Å². The largest absolute Gasteiger partial charge is 0.256 e. The van der Waals surface area contributed by atoms with Crippen molar-refractivity contribution in [3.63, 3.8) is 0 Å². The number of hydrogen-bond donors (Lipinski definition) is 0. The molecule has 0 bridgehead atoms. The van der Waals surface area contributed by atoms with Crippen molar-refractivity contribution in [1.82, 2.24) is 4.98 Å². The standard InChI is InChI=1S/C20H19N/c1-14-9-10-18(15(2)11-14)19-12-20(21-13-16(19)3)17-7-5-4-6-8-17/h4-13H,1-3H3. The Morgan fingerprint density at radius 1 is 0.714 bits per heavy atom. The molecule has 0 aliphatic carbocycles. The van der Waals surface area contributed by atoms with E-state index >= 15 is 0 Å². The van der Waals surface area contributed by atoms with Crippen LogP contribution in [0.3, 0.4) is 0 Å². The lowest BCUT2D eigenvalue weighted by molar-refractivity contribution is 1.26. The van der Waals surface area contributed by atoms with Crippen molar-refractivity contribution in [2.75, 3.05) is 0 Å². The van der Waals surface area contributed by atoms with Gasteiger partial charge in [-0.2, -0.15) is 0 Å². The van der Waals surface area contributed by atoms with Gasteiger partial charge in [-0.3, -0.25) is 4.98 Å². The Labute approximate surface area is 126 Å². The van der Waals surface area contributed by atoms with E-state index in [9.17, 15) is 0 Å². The zero-order valence-corrected chi connectivity index (χ0v) is 12.7. The third-order valence-corrected chi connectivity index (χ3v) is 3.84. The molecule has 0 unspecified atom stereocenters. The minimum atomic E-state index is 1.02. The molecule has 2 aromatic carbocycles. The fourth-order valence-electron chi connectivity index (χ4n) is 2.70. The fourth-order valence-corrected chi connectivity index (χ4v) is 2.70. The predicted molar refractivity (Wildman–Crippen MR) is 89.3 cm³/mol. The molecular weight excluding hydrogens is 254 g/mol. The van der Waals surface area contributed by atoms with Gasteiger partial charge in [-0.25, -0.2) is 0 Å². The highest BCUT2D eigenvalue weighted by atomic mass is 14.7. The third kappa shape index (κ3) is 2.73. The molecule has 0 saturated heterocycles. The first-order chi connectivity index (χ1) is 10.1. The summed E-state index contributed by atoms with van der Waals surface area (Å²) in [7, 11) is 0. The van der Waals surface area contributed by atoms with Crippen LogP contribution in [0.2, 0.25) is 0 Å². The van der Waals surface area contributed by atoms with Gasteiger partial charge in [-0.15, -0.1) is 0 Å². The van der Waals surface area contributed by atoms with Gasteiger partial charge in [0.15, 0.2) is 0 Å². The molecule has 104 valence electrons. The number of benzene rings is 2. The van der Waals surface area contributed by atoms with Crippen LogP contribution in [0.5, 0.6) is 0 Å². The van der Waals surface area contributed by atoms with Crippen molar-refractivity contribution in [3.05, 3.63) is 77.5 Å². The Bertz CT molecular complexity index is 773. The summed E-state index contributed by atoms with van der Waals surface area (Å²) in [4.78, 5) is 4.58. The van der Waals surface area contributed by atoms with Crippen molar-refractivity contribution >= 4 is 0 Å². The van der Waals surface area contributed by atoms with E-state index in [0.29, 0.717) is 0 Å². The van der Waals surface area contributed by atoms with Gasteiger partial charge >= 0.3 is 0 Å². The van der Waals surface area contributed by atoms with Crippen LogP contribution in [0.15, 0.2) is 60.8 Å². The van der Waals surface area contributed by atoms with Gasteiger partial charge in [0.05, 0.1) is 5.69 Å². The molecule has 0 saturated carbocycles. The molecule has 1 nitrogen and oxygen atoms in total. The van der Waals surface area contributed by atoms with Gasteiger partial charge in [0.25, 0.3) is 0 Å². The van der Waals surface area contributed by atoms with E-state index in [0.717, 1.165) is 11.3 Å². The molecule has 21 heavy (non-hydrogen) atoms. The molecule has 1 heterocycles. The quantitative estimate of drug-likeness (QED) is 0.614. The van der Waals surface area contributed by atoms with Crippen LogP contribution in [0.1, 0.15) is 16.7 Å². The highest BCUT2D eigenvalue weighted by Crippen LogP contribution is 2.30. The normalized spacial score (nSPS) is 10.6. The second kappa shape index (κ2) is 5.53. The van der Waals surface area contributed by atoms with Crippen molar-refractivity contribution in [2.24, 2.45) is 0 Å². The van der Waals surface area contributed by atoms with Crippen LogP contribution in [0.4, 0.5) is 0 Å². The van der Waals surface area contributed by atoms with E-state index in [1.165, 1.54) is 27.8 Å². The monoisotopic (exact) mass is 273 g/mol. The smallest absolute Gasteiger partial charge is 0.0708 e. The highest BCUT2D eigenvalue weighted by Gasteiger charge is 2.08. The lowest BCUT2D eigenvalue weighted by atomic mass is 9.95. The maximum atomic E-state index is 4.58. The molecule has 0 amide bonds. The van der Waals surface area contributed by atoms with E-state index in [1.54, 1.807) is 0 Å². The molecule has 1 aromatic heterocycles. The first-order valence-electron chi connectivity index (χ1n) is 7.25. The van der Waals surface area contributed by atoms with Crippen molar-refractivity contribution in [3.8, 4) is 22.4 Å². The molecule has 3 rings (SSSR count). The molecule has 0 aliphatic rings. The minimum Gasteiger partial charge on any atom is -0.256 e. The van der Waals surface area contributed by atoms with E-state index < -0.39 is 0 Å². The second-order valence-electron chi connectivity index (χ2n) is 5.57. The first-order valence-corrected chi connectivity index (χ1v) is 7.25. The van der Waals surface area contributed by atoms with Gasteiger partial charge in [0.2, 0.25) is 0 Å². The molecule has 0 aliphatic heterocycles. The van der Waals surface area contributed by atoms with Crippen LogP contribution < -0.4 is 0 Å². The number of aryl methyl sites for hydroxylation is 3. The molecule has 0 spiro atoms. The summed E-state index contributed by atoms with van der Waals surface area (Å²) in [6.07, 6.45) is 1.97. The average Bonchev–Trinajstić information content (AvgIpc) is 2.49. The number of pyridine rings is 1. The van der Waals surface area contributed by atoms with Crippen molar-refractivity contribution in [1.29, 1.82) is 0 Å². The minimum absolute atomic E-state index is 1.02. The van der Waals surface area contributed by atoms with E-state index in [4.69, 9.17) is 0 Å². The van der Waals surface area contributed by atoms with Gasteiger partial charge in [0.1, 0.15) is 0 Å². The predicted octanol–water partition coefficient (Wildman–Crippen LogP) is 5.34. The van der Waals surface area contributed by atoms with E-state index in [1.807, 2.05) is 24.4 Å². The molecular formula is C20H19N. The highest BCUT2D eigenvalue weighted by molar-refractivity contribution is 5.75. The second-order valence-corrected chi connectivity index (χ2v) is 5.57. The van der Waals surface area contributed by atoms with Gasteiger partial charge < -0.3 is 0 Å².